The lowest BCUT2D eigenvalue weighted by Gasteiger charge is -2.14. The average Bonchev–Trinajstić information content (AvgIpc) is 2.72. The molecule has 1 saturated heterocycles. The first-order valence-corrected chi connectivity index (χ1v) is 5.85. The normalized spacial score (nSPS) is 21.2. The van der Waals surface area contributed by atoms with Crippen LogP contribution in [0.2, 0.25) is 0 Å². The molecule has 0 spiro atoms. The fourth-order valence-corrected chi connectivity index (χ4v) is 1.91. The standard InChI is InChI=1S/C11H22N2O3/c1-16-6-2-4-12-11(15)8-13-5-3-10(7-13)9-14/h10,14H,2-9H2,1H3,(H,12,15)/t10-/m1/s1. The molecule has 0 bridgehead atoms. The summed E-state index contributed by atoms with van der Waals surface area (Å²) < 4.78 is 4.90. The van der Waals surface area contributed by atoms with Crippen LogP contribution in [0.1, 0.15) is 12.8 Å². The van der Waals surface area contributed by atoms with E-state index in [2.05, 4.69) is 10.2 Å². The summed E-state index contributed by atoms with van der Waals surface area (Å²) in [5, 5.41) is 11.8. The molecule has 0 aliphatic carbocycles. The molecule has 0 aromatic rings. The van der Waals surface area contributed by atoms with Gasteiger partial charge in [-0.1, -0.05) is 0 Å². The molecule has 5 nitrogen and oxygen atoms in total. The third-order valence-electron chi connectivity index (χ3n) is 2.84. The van der Waals surface area contributed by atoms with Crippen LogP contribution in [0.3, 0.4) is 0 Å². The van der Waals surface area contributed by atoms with Crippen molar-refractivity contribution in [3.05, 3.63) is 0 Å². The maximum atomic E-state index is 11.5. The minimum absolute atomic E-state index is 0.0645. The monoisotopic (exact) mass is 230 g/mol. The van der Waals surface area contributed by atoms with Crippen LogP contribution < -0.4 is 5.32 Å². The fraction of sp³-hybridized carbons (Fsp3) is 0.909. The summed E-state index contributed by atoms with van der Waals surface area (Å²) in [5.41, 5.74) is 0. The van der Waals surface area contributed by atoms with E-state index in [1.807, 2.05) is 0 Å². The predicted molar refractivity (Wildman–Crippen MR) is 61.1 cm³/mol. The Hall–Kier alpha value is -0.650. The molecule has 16 heavy (non-hydrogen) atoms. The summed E-state index contributed by atoms with van der Waals surface area (Å²) >= 11 is 0. The van der Waals surface area contributed by atoms with E-state index in [1.165, 1.54) is 0 Å². The predicted octanol–water partition coefficient (Wildman–Crippen LogP) is -0.547. The van der Waals surface area contributed by atoms with Gasteiger partial charge in [0.15, 0.2) is 0 Å². The number of amides is 1. The van der Waals surface area contributed by atoms with E-state index >= 15 is 0 Å². The van der Waals surface area contributed by atoms with Crippen molar-refractivity contribution >= 4 is 5.91 Å². The lowest BCUT2D eigenvalue weighted by molar-refractivity contribution is -0.122. The number of aliphatic hydroxyl groups excluding tert-OH is 1. The molecular weight excluding hydrogens is 208 g/mol. The second-order valence-electron chi connectivity index (χ2n) is 4.27. The van der Waals surface area contributed by atoms with E-state index in [-0.39, 0.29) is 12.5 Å². The van der Waals surface area contributed by atoms with Crippen LogP contribution in [0, 0.1) is 5.92 Å². The van der Waals surface area contributed by atoms with Gasteiger partial charge in [0.1, 0.15) is 0 Å². The quantitative estimate of drug-likeness (QED) is 0.576. The van der Waals surface area contributed by atoms with Gasteiger partial charge in [-0.3, -0.25) is 9.69 Å². The summed E-state index contributed by atoms with van der Waals surface area (Å²) in [6, 6.07) is 0. The Morgan fingerprint density at radius 3 is 3.06 bits per heavy atom. The largest absolute Gasteiger partial charge is 0.396 e. The van der Waals surface area contributed by atoms with Gasteiger partial charge in [-0.15, -0.1) is 0 Å². The van der Waals surface area contributed by atoms with Crippen LogP contribution in [-0.4, -0.2) is 62.4 Å². The van der Waals surface area contributed by atoms with E-state index in [4.69, 9.17) is 9.84 Å². The highest BCUT2D eigenvalue weighted by Gasteiger charge is 2.22. The molecule has 1 fully saturated rings. The number of hydrogen-bond donors (Lipinski definition) is 2. The third kappa shape index (κ3) is 4.92. The van der Waals surface area contributed by atoms with Gasteiger partial charge in [-0.2, -0.15) is 0 Å². The summed E-state index contributed by atoms with van der Waals surface area (Å²) in [6.45, 7) is 3.77. The Balaban J connectivity index is 2.06. The van der Waals surface area contributed by atoms with Crippen LogP contribution in [0.25, 0.3) is 0 Å². The Labute approximate surface area is 96.8 Å². The van der Waals surface area contributed by atoms with Crippen molar-refractivity contribution in [1.82, 2.24) is 10.2 Å². The van der Waals surface area contributed by atoms with E-state index < -0.39 is 0 Å². The second-order valence-corrected chi connectivity index (χ2v) is 4.27. The number of carbonyl (C=O) groups excluding carboxylic acids is 1. The lowest BCUT2D eigenvalue weighted by Crippen LogP contribution is -2.36. The smallest absolute Gasteiger partial charge is 0.234 e. The number of aliphatic hydroxyl groups is 1. The number of nitrogens with zero attached hydrogens (tertiary/aromatic N) is 1. The van der Waals surface area contributed by atoms with Crippen LogP contribution in [0.4, 0.5) is 0 Å². The van der Waals surface area contributed by atoms with Crippen molar-refractivity contribution < 1.29 is 14.6 Å². The van der Waals surface area contributed by atoms with Crippen molar-refractivity contribution in [2.75, 3.05) is 46.5 Å². The maximum Gasteiger partial charge on any atom is 0.234 e. The molecule has 1 aliphatic heterocycles. The maximum absolute atomic E-state index is 11.5. The molecule has 94 valence electrons. The average molecular weight is 230 g/mol. The zero-order valence-corrected chi connectivity index (χ0v) is 9.95. The van der Waals surface area contributed by atoms with Crippen LogP contribution in [0.15, 0.2) is 0 Å². The zero-order chi connectivity index (χ0) is 11.8. The number of methoxy groups -OCH3 is 1. The first kappa shape index (κ1) is 13.4. The molecule has 1 amide bonds. The molecule has 1 heterocycles. The van der Waals surface area contributed by atoms with Crippen molar-refractivity contribution in [2.24, 2.45) is 5.92 Å². The molecule has 0 saturated carbocycles. The molecule has 0 aromatic heterocycles. The molecule has 1 aliphatic rings. The Kier molecular flexibility index (Phi) is 6.37. The van der Waals surface area contributed by atoms with Gasteiger partial charge in [-0.25, -0.2) is 0 Å². The SMILES string of the molecule is COCCCNC(=O)CN1CC[C@@H](CO)C1. The summed E-state index contributed by atoms with van der Waals surface area (Å²) in [7, 11) is 1.65. The van der Waals surface area contributed by atoms with Gasteiger partial charge < -0.3 is 15.2 Å². The van der Waals surface area contributed by atoms with Crippen LogP contribution in [-0.2, 0) is 9.53 Å². The molecular formula is C11H22N2O3. The molecule has 1 rings (SSSR count). The molecule has 0 radical (unpaired) electrons. The van der Waals surface area contributed by atoms with Crippen molar-refractivity contribution in [3.63, 3.8) is 0 Å². The van der Waals surface area contributed by atoms with Gasteiger partial charge in [0.2, 0.25) is 5.91 Å². The lowest BCUT2D eigenvalue weighted by atomic mass is 10.1. The Bertz CT molecular complexity index is 211. The number of hydrogen-bond acceptors (Lipinski definition) is 4. The first-order valence-electron chi connectivity index (χ1n) is 5.85. The summed E-state index contributed by atoms with van der Waals surface area (Å²) in [5.74, 6) is 0.413. The first-order chi connectivity index (χ1) is 7.76. The number of rotatable bonds is 7. The van der Waals surface area contributed by atoms with Crippen molar-refractivity contribution in [2.45, 2.75) is 12.8 Å². The van der Waals surface area contributed by atoms with Crippen LogP contribution >= 0.6 is 0 Å². The van der Waals surface area contributed by atoms with E-state index in [0.717, 1.165) is 25.9 Å². The summed E-state index contributed by atoms with van der Waals surface area (Å²) in [4.78, 5) is 13.6. The highest BCUT2D eigenvalue weighted by atomic mass is 16.5. The minimum atomic E-state index is 0.0645. The topological polar surface area (TPSA) is 61.8 Å². The minimum Gasteiger partial charge on any atom is -0.396 e. The van der Waals surface area contributed by atoms with E-state index in [9.17, 15) is 4.79 Å². The van der Waals surface area contributed by atoms with E-state index in [1.54, 1.807) is 7.11 Å². The Morgan fingerprint density at radius 2 is 2.44 bits per heavy atom. The molecule has 2 N–H and O–H groups in total. The molecule has 0 unspecified atom stereocenters. The zero-order valence-electron chi connectivity index (χ0n) is 9.95. The highest BCUT2D eigenvalue weighted by Crippen LogP contribution is 2.14. The van der Waals surface area contributed by atoms with Gasteiger partial charge >= 0.3 is 0 Å². The number of carbonyl (C=O) groups is 1. The van der Waals surface area contributed by atoms with Crippen molar-refractivity contribution in [3.8, 4) is 0 Å². The van der Waals surface area contributed by atoms with Gasteiger partial charge in [0.05, 0.1) is 6.54 Å². The summed E-state index contributed by atoms with van der Waals surface area (Å²) in [6.07, 6.45) is 1.84. The number of nitrogens with one attached hydrogen (secondary N) is 1. The van der Waals surface area contributed by atoms with E-state index in [0.29, 0.717) is 25.6 Å². The highest BCUT2D eigenvalue weighted by molar-refractivity contribution is 5.77. The van der Waals surface area contributed by atoms with Gasteiger partial charge in [0.25, 0.3) is 0 Å². The number of ether oxygens (including phenoxy) is 1. The second kappa shape index (κ2) is 7.60. The number of likely N-dealkylation sites (tertiary alicyclic amines) is 1. The van der Waals surface area contributed by atoms with Crippen LogP contribution in [0.5, 0.6) is 0 Å². The Morgan fingerprint density at radius 1 is 1.62 bits per heavy atom. The van der Waals surface area contributed by atoms with Crippen molar-refractivity contribution in [1.29, 1.82) is 0 Å². The van der Waals surface area contributed by atoms with Gasteiger partial charge in [-0.05, 0) is 25.3 Å². The fourth-order valence-electron chi connectivity index (χ4n) is 1.91. The molecule has 0 aromatic carbocycles. The third-order valence-corrected chi connectivity index (χ3v) is 2.84. The van der Waals surface area contributed by atoms with Gasteiger partial charge in [0, 0.05) is 33.4 Å². The molecule has 1 atom stereocenters. The molecule has 5 heteroatoms.